The molecule has 0 aliphatic heterocycles. The van der Waals surface area contributed by atoms with Gasteiger partial charge in [0.15, 0.2) is 0 Å². The van der Waals surface area contributed by atoms with Crippen LogP contribution in [-0.4, -0.2) is 47.3 Å². The summed E-state index contributed by atoms with van der Waals surface area (Å²) in [4.78, 5) is 13.7. The molecule has 0 aliphatic carbocycles. The molecule has 0 bridgehead atoms. The maximum atomic E-state index is 12.1. The standard InChI is InChI=1S/C19H39NO3/c1-16(2)7-5-8-17(3)9-6-10-18(4)15-19(23)20(11-13-21)12-14-22/h16-18,21-22H,5-15H2,1-4H3. The van der Waals surface area contributed by atoms with Gasteiger partial charge in [0, 0.05) is 19.5 Å². The fourth-order valence-electron chi connectivity index (χ4n) is 2.97. The van der Waals surface area contributed by atoms with Gasteiger partial charge in [0.05, 0.1) is 13.2 Å². The van der Waals surface area contributed by atoms with E-state index in [-0.39, 0.29) is 19.1 Å². The summed E-state index contributed by atoms with van der Waals surface area (Å²) in [6.45, 7) is 9.55. The predicted octanol–water partition coefficient (Wildman–Crippen LogP) is 3.46. The van der Waals surface area contributed by atoms with E-state index in [1.54, 1.807) is 4.90 Å². The summed E-state index contributed by atoms with van der Waals surface area (Å²) in [5.41, 5.74) is 0. The van der Waals surface area contributed by atoms with Crippen LogP contribution in [0.4, 0.5) is 0 Å². The van der Waals surface area contributed by atoms with Gasteiger partial charge >= 0.3 is 0 Å². The van der Waals surface area contributed by atoms with Crippen molar-refractivity contribution in [1.82, 2.24) is 4.90 Å². The molecule has 0 aromatic heterocycles. The molecular formula is C19H39NO3. The molecule has 0 spiro atoms. The first-order valence-corrected chi connectivity index (χ1v) is 9.40. The van der Waals surface area contributed by atoms with Crippen LogP contribution in [-0.2, 0) is 4.79 Å². The minimum Gasteiger partial charge on any atom is -0.395 e. The van der Waals surface area contributed by atoms with Crippen molar-refractivity contribution >= 4 is 5.91 Å². The van der Waals surface area contributed by atoms with Crippen molar-refractivity contribution in [3.05, 3.63) is 0 Å². The largest absolute Gasteiger partial charge is 0.395 e. The Hall–Kier alpha value is -0.610. The minimum atomic E-state index is -0.0476. The number of aliphatic hydroxyl groups excluding tert-OH is 2. The summed E-state index contributed by atoms with van der Waals surface area (Å²) in [6.07, 6.45) is 7.97. The number of amides is 1. The normalized spacial score (nSPS) is 14.0. The summed E-state index contributed by atoms with van der Waals surface area (Å²) in [5.74, 6) is 1.99. The molecule has 0 aliphatic rings. The van der Waals surface area contributed by atoms with Crippen molar-refractivity contribution in [2.24, 2.45) is 17.8 Å². The van der Waals surface area contributed by atoms with Crippen molar-refractivity contribution in [1.29, 1.82) is 0 Å². The highest BCUT2D eigenvalue weighted by Gasteiger charge is 2.16. The van der Waals surface area contributed by atoms with Crippen LogP contribution in [0, 0.1) is 17.8 Å². The molecule has 1 amide bonds. The summed E-state index contributed by atoms with van der Waals surface area (Å²) in [6, 6.07) is 0. The Kier molecular flexibility index (Phi) is 13.4. The second-order valence-electron chi connectivity index (χ2n) is 7.50. The third-order valence-electron chi connectivity index (χ3n) is 4.49. The van der Waals surface area contributed by atoms with E-state index in [0.29, 0.717) is 25.4 Å². The topological polar surface area (TPSA) is 60.8 Å². The van der Waals surface area contributed by atoms with Crippen LogP contribution >= 0.6 is 0 Å². The van der Waals surface area contributed by atoms with E-state index < -0.39 is 0 Å². The van der Waals surface area contributed by atoms with Crippen LogP contribution in [0.3, 0.4) is 0 Å². The maximum Gasteiger partial charge on any atom is 0.222 e. The Morgan fingerprint density at radius 3 is 1.78 bits per heavy atom. The first-order chi connectivity index (χ1) is 10.9. The van der Waals surface area contributed by atoms with E-state index >= 15 is 0 Å². The summed E-state index contributed by atoms with van der Waals surface area (Å²) < 4.78 is 0. The molecule has 0 saturated heterocycles. The average Bonchev–Trinajstić information content (AvgIpc) is 2.46. The number of aliphatic hydroxyl groups is 2. The highest BCUT2D eigenvalue weighted by Crippen LogP contribution is 2.20. The maximum absolute atomic E-state index is 12.1. The van der Waals surface area contributed by atoms with Gasteiger partial charge in [0.2, 0.25) is 5.91 Å². The second-order valence-corrected chi connectivity index (χ2v) is 7.50. The Bertz CT molecular complexity index is 288. The number of nitrogens with zero attached hydrogens (tertiary/aromatic N) is 1. The minimum absolute atomic E-state index is 0.0468. The zero-order valence-corrected chi connectivity index (χ0v) is 15.8. The van der Waals surface area contributed by atoms with Gasteiger partial charge in [-0.1, -0.05) is 66.2 Å². The SMILES string of the molecule is CC(C)CCCC(C)CCCC(C)CC(=O)N(CCO)CCO. The van der Waals surface area contributed by atoms with Crippen LogP contribution in [0.25, 0.3) is 0 Å². The molecule has 0 saturated carbocycles. The van der Waals surface area contributed by atoms with Crippen molar-refractivity contribution in [2.45, 2.75) is 72.6 Å². The first kappa shape index (κ1) is 22.4. The van der Waals surface area contributed by atoms with Crippen LogP contribution in [0.2, 0.25) is 0 Å². The van der Waals surface area contributed by atoms with Gasteiger partial charge in [-0.2, -0.15) is 0 Å². The van der Waals surface area contributed by atoms with E-state index in [0.717, 1.165) is 18.3 Å². The van der Waals surface area contributed by atoms with Crippen LogP contribution < -0.4 is 0 Å². The average molecular weight is 330 g/mol. The Morgan fingerprint density at radius 2 is 1.30 bits per heavy atom. The van der Waals surface area contributed by atoms with E-state index in [1.165, 1.54) is 32.1 Å². The molecule has 0 fully saturated rings. The molecule has 2 unspecified atom stereocenters. The van der Waals surface area contributed by atoms with E-state index in [2.05, 4.69) is 27.7 Å². The van der Waals surface area contributed by atoms with E-state index in [1.807, 2.05) is 0 Å². The number of carbonyl (C=O) groups is 1. The molecule has 2 atom stereocenters. The fraction of sp³-hybridized carbons (Fsp3) is 0.947. The Morgan fingerprint density at radius 1 is 0.826 bits per heavy atom. The summed E-state index contributed by atoms with van der Waals surface area (Å²) in [5, 5.41) is 18.0. The molecule has 0 radical (unpaired) electrons. The highest BCUT2D eigenvalue weighted by molar-refractivity contribution is 5.76. The zero-order chi connectivity index (χ0) is 17.7. The summed E-state index contributed by atoms with van der Waals surface area (Å²) >= 11 is 0. The lowest BCUT2D eigenvalue weighted by atomic mass is 9.92. The number of rotatable bonds is 14. The molecule has 2 N–H and O–H groups in total. The first-order valence-electron chi connectivity index (χ1n) is 9.40. The highest BCUT2D eigenvalue weighted by atomic mass is 16.3. The molecule has 0 rings (SSSR count). The van der Waals surface area contributed by atoms with Crippen molar-refractivity contribution in [3.63, 3.8) is 0 Å². The Labute approximate surface area is 143 Å². The van der Waals surface area contributed by atoms with Gasteiger partial charge in [0.1, 0.15) is 0 Å². The van der Waals surface area contributed by atoms with Crippen molar-refractivity contribution in [3.8, 4) is 0 Å². The smallest absolute Gasteiger partial charge is 0.222 e. The lowest BCUT2D eigenvalue weighted by Crippen LogP contribution is -2.36. The quantitative estimate of drug-likeness (QED) is 0.513. The second kappa shape index (κ2) is 13.8. The molecule has 4 nitrogen and oxygen atoms in total. The van der Waals surface area contributed by atoms with Gasteiger partial charge in [0.25, 0.3) is 0 Å². The molecule has 138 valence electrons. The molecule has 0 aromatic rings. The molecule has 0 heterocycles. The molecule has 0 aromatic carbocycles. The van der Waals surface area contributed by atoms with Gasteiger partial charge in [-0.05, 0) is 17.8 Å². The molecule has 4 heteroatoms. The van der Waals surface area contributed by atoms with Gasteiger partial charge in [-0.3, -0.25) is 4.79 Å². The van der Waals surface area contributed by atoms with Crippen LogP contribution in [0.15, 0.2) is 0 Å². The van der Waals surface area contributed by atoms with Gasteiger partial charge < -0.3 is 15.1 Å². The lowest BCUT2D eigenvalue weighted by Gasteiger charge is -2.22. The fourth-order valence-corrected chi connectivity index (χ4v) is 2.97. The zero-order valence-electron chi connectivity index (χ0n) is 15.8. The van der Waals surface area contributed by atoms with Gasteiger partial charge in [-0.25, -0.2) is 0 Å². The molecular weight excluding hydrogens is 290 g/mol. The monoisotopic (exact) mass is 329 g/mol. The third kappa shape index (κ3) is 12.5. The number of hydrogen-bond donors (Lipinski definition) is 2. The predicted molar refractivity (Wildman–Crippen MR) is 96.2 cm³/mol. The molecule has 23 heavy (non-hydrogen) atoms. The van der Waals surface area contributed by atoms with Crippen LogP contribution in [0.5, 0.6) is 0 Å². The Balaban J connectivity index is 3.87. The van der Waals surface area contributed by atoms with E-state index in [4.69, 9.17) is 10.2 Å². The number of carbonyl (C=O) groups excluding carboxylic acids is 1. The van der Waals surface area contributed by atoms with Crippen molar-refractivity contribution < 1.29 is 15.0 Å². The van der Waals surface area contributed by atoms with Crippen LogP contribution in [0.1, 0.15) is 72.6 Å². The van der Waals surface area contributed by atoms with Gasteiger partial charge in [-0.15, -0.1) is 0 Å². The summed E-state index contributed by atoms with van der Waals surface area (Å²) in [7, 11) is 0. The van der Waals surface area contributed by atoms with E-state index in [9.17, 15) is 4.79 Å². The number of hydrogen-bond acceptors (Lipinski definition) is 3. The lowest BCUT2D eigenvalue weighted by molar-refractivity contribution is -0.133. The third-order valence-corrected chi connectivity index (χ3v) is 4.49. The van der Waals surface area contributed by atoms with Crippen molar-refractivity contribution in [2.75, 3.05) is 26.3 Å².